The number of thiazole rings is 1. The minimum atomic E-state index is -3.90. The molecular formula is C22H25N3O5S2. The third-order valence-corrected chi connectivity index (χ3v) is 8.01. The molecule has 4 rings (SSSR count). The molecule has 2 aromatic carbocycles. The lowest BCUT2D eigenvalue weighted by Crippen LogP contribution is -2.43. The van der Waals surface area contributed by atoms with E-state index in [0.29, 0.717) is 42.7 Å². The molecule has 0 bridgehead atoms. The number of nitrogens with zero attached hydrogens (tertiary/aromatic N) is 2. The van der Waals surface area contributed by atoms with Gasteiger partial charge in [-0.3, -0.25) is 4.79 Å². The monoisotopic (exact) mass is 475 g/mol. The predicted octanol–water partition coefficient (Wildman–Crippen LogP) is 3.89. The van der Waals surface area contributed by atoms with E-state index in [2.05, 4.69) is 10.3 Å². The summed E-state index contributed by atoms with van der Waals surface area (Å²) in [5.41, 5.74) is 0.793. The summed E-state index contributed by atoms with van der Waals surface area (Å²) in [6.45, 7) is 4.75. The van der Waals surface area contributed by atoms with E-state index >= 15 is 0 Å². The summed E-state index contributed by atoms with van der Waals surface area (Å²) in [4.78, 5) is 17.5. The van der Waals surface area contributed by atoms with E-state index in [4.69, 9.17) is 9.47 Å². The first kappa shape index (κ1) is 22.5. The van der Waals surface area contributed by atoms with Gasteiger partial charge in [0.1, 0.15) is 6.04 Å². The molecule has 8 nitrogen and oxygen atoms in total. The molecule has 1 saturated heterocycles. The van der Waals surface area contributed by atoms with Gasteiger partial charge in [0, 0.05) is 12.6 Å². The molecule has 170 valence electrons. The Kier molecular flexibility index (Phi) is 6.63. The first-order valence-corrected chi connectivity index (χ1v) is 12.8. The first-order valence-electron chi connectivity index (χ1n) is 10.5. The minimum Gasteiger partial charge on any atom is -0.490 e. The number of ether oxygens (including phenoxy) is 2. The molecular weight excluding hydrogens is 450 g/mol. The van der Waals surface area contributed by atoms with E-state index in [9.17, 15) is 13.2 Å². The molecule has 1 aliphatic rings. The fourth-order valence-corrected chi connectivity index (χ4v) is 6.27. The summed E-state index contributed by atoms with van der Waals surface area (Å²) in [5.74, 6) is 0.478. The van der Waals surface area contributed by atoms with E-state index in [-0.39, 0.29) is 17.3 Å². The molecule has 0 unspecified atom stereocenters. The highest BCUT2D eigenvalue weighted by Gasteiger charge is 2.40. The molecule has 1 aliphatic heterocycles. The maximum Gasteiger partial charge on any atom is 0.244 e. The van der Waals surface area contributed by atoms with Crippen molar-refractivity contribution < 1.29 is 22.7 Å². The first-order chi connectivity index (χ1) is 15.4. The highest BCUT2D eigenvalue weighted by Crippen LogP contribution is 2.34. The van der Waals surface area contributed by atoms with E-state index in [0.717, 1.165) is 10.2 Å². The highest BCUT2D eigenvalue weighted by atomic mass is 32.2. The van der Waals surface area contributed by atoms with Crippen LogP contribution < -0.4 is 14.8 Å². The number of sulfonamides is 1. The van der Waals surface area contributed by atoms with Gasteiger partial charge in [-0.25, -0.2) is 13.4 Å². The van der Waals surface area contributed by atoms with Gasteiger partial charge >= 0.3 is 0 Å². The van der Waals surface area contributed by atoms with Crippen molar-refractivity contribution in [1.82, 2.24) is 9.29 Å². The van der Waals surface area contributed by atoms with Crippen LogP contribution in [0.4, 0.5) is 5.13 Å². The molecule has 32 heavy (non-hydrogen) atoms. The Morgan fingerprint density at radius 2 is 1.91 bits per heavy atom. The van der Waals surface area contributed by atoms with Crippen molar-refractivity contribution in [3.05, 3.63) is 42.5 Å². The summed E-state index contributed by atoms with van der Waals surface area (Å²) < 4.78 is 40.1. The molecule has 1 fully saturated rings. The second kappa shape index (κ2) is 9.43. The number of para-hydroxylation sites is 1. The quantitative estimate of drug-likeness (QED) is 0.531. The lowest BCUT2D eigenvalue weighted by Gasteiger charge is -2.23. The molecule has 0 spiro atoms. The zero-order valence-corrected chi connectivity index (χ0v) is 19.5. The van der Waals surface area contributed by atoms with Crippen LogP contribution in [-0.2, 0) is 14.8 Å². The third kappa shape index (κ3) is 4.43. The van der Waals surface area contributed by atoms with Gasteiger partial charge < -0.3 is 14.8 Å². The molecule has 1 N–H and O–H groups in total. The molecule has 3 aromatic rings. The van der Waals surface area contributed by atoms with Crippen molar-refractivity contribution in [2.75, 3.05) is 25.1 Å². The molecule has 1 aromatic heterocycles. The predicted molar refractivity (Wildman–Crippen MR) is 124 cm³/mol. The Labute approximate surface area is 191 Å². The third-order valence-electron chi connectivity index (χ3n) is 5.15. The summed E-state index contributed by atoms with van der Waals surface area (Å²) in [5, 5.41) is 3.26. The van der Waals surface area contributed by atoms with E-state index < -0.39 is 16.1 Å². The molecule has 2 heterocycles. The van der Waals surface area contributed by atoms with Gasteiger partial charge in [0.25, 0.3) is 0 Å². The van der Waals surface area contributed by atoms with Crippen LogP contribution in [0, 0.1) is 0 Å². The van der Waals surface area contributed by atoms with Crippen molar-refractivity contribution in [3.8, 4) is 11.5 Å². The number of amides is 1. The van der Waals surface area contributed by atoms with Gasteiger partial charge in [-0.2, -0.15) is 4.31 Å². The summed E-state index contributed by atoms with van der Waals surface area (Å²) >= 11 is 1.36. The van der Waals surface area contributed by atoms with Crippen LogP contribution in [0.3, 0.4) is 0 Å². The zero-order valence-electron chi connectivity index (χ0n) is 17.9. The zero-order chi connectivity index (χ0) is 22.7. The number of hydrogen-bond acceptors (Lipinski definition) is 7. The van der Waals surface area contributed by atoms with Gasteiger partial charge in [-0.15, -0.1) is 0 Å². The van der Waals surface area contributed by atoms with E-state index in [1.54, 1.807) is 6.07 Å². The van der Waals surface area contributed by atoms with Crippen LogP contribution in [0.15, 0.2) is 47.4 Å². The number of benzene rings is 2. The van der Waals surface area contributed by atoms with E-state index in [1.807, 2.05) is 38.1 Å². The van der Waals surface area contributed by atoms with Crippen molar-refractivity contribution in [2.45, 2.75) is 37.6 Å². The maximum atomic E-state index is 13.4. The van der Waals surface area contributed by atoms with Crippen molar-refractivity contribution >= 4 is 42.6 Å². The Bertz CT molecular complexity index is 1190. The van der Waals surface area contributed by atoms with Crippen LogP contribution in [0.2, 0.25) is 0 Å². The Hall–Kier alpha value is -2.69. The lowest BCUT2D eigenvalue weighted by molar-refractivity contribution is -0.119. The summed E-state index contributed by atoms with van der Waals surface area (Å²) in [6, 6.07) is 11.3. The SMILES string of the molecule is CCOc1ccc(S(=O)(=O)N2CCC[C@@H]2C(=O)Nc2nc3ccccc3s2)cc1OCC. The highest BCUT2D eigenvalue weighted by molar-refractivity contribution is 7.89. The van der Waals surface area contributed by atoms with Gasteiger partial charge in [0.15, 0.2) is 16.6 Å². The normalized spacial score (nSPS) is 16.9. The Balaban J connectivity index is 1.57. The molecule has 0 aliphatic carbocycles. The molecule has 0 saturated carbocycles. The number of carbonyl (C=O) groups excluding carboxylic acids is 1. The molecule has 1 atom stereocenters. The standard InChI is InChI=1S/C22H25N3O5S2/c1-3-29-18-12-11-15(14-19(18)30-4-2)32(27,28)25-13-7-9-17(25)21(26)24-22-23-16-8-5-6-10-20(16)31-22/h5-6,8,10-12,14,17H,3-4,7,9,13H2,1-2H3,(H,23,24,26)/t17-/m1/s1. The largest absolute Gasteiger partial charge is 0.490 e. The molecule has 10 heteroatoms. The topological polar surface area (TPSA) is 97.8 Å². The Morgan fingerprint density at radius 1 is 1.16 bits per heavy atom. The summed E-state index contributed by atoms with van der Waals surface area (Å²) in [7, 11) is -3.90. The maximum absolute atomic E-state index is 13.4. The van der Waals surface area contributed by atoms with Crippen molar-refractivity contribution in [2.24, 2.45) is 0 Å². The fourth-order valence-electron chi connectivity index (χ4n) is 3.73. The van der Waals surface area contributed by atoms with Crippen LogP contribution in [0.25, 0.3) is 10.2 Å². The van der Waals surface area contributed by atoms with Crippen molar-refractivity contribution in [1.29, 1.82) is 0 Å². The molecule has 1 amide bonds. The lowest BCUT2D eigenvalue weighted by atomic mass is 10.2. The number of carbonyl (C=O) groups is 1. The van der Waals surface area contributed by atoms with Crippen molar-refractivity contribution in [3.63, 3.8) is 0 Å². The molecule has 0 radical (unpaired) electrons. The number of rotatable bonds is 8. The number of fused-ring (bicyclic) bond motifs is 1. The number of aromatic nitrogens is 1. The van der Waals surface area contributed by atoms with Gasteiger partial charge in [-0.1, -0.05) is 23.5 Å². The van der Waals surface area contributed by atoms with Gasteiger partial charge in [-0.05, 0) is 51.0 Å². The second-order valence-corrected chi connectivity index (χ2v) is 10.1. The smallest absolute Gasteiger partial charge is 0.244 e. The fraction of sp³-hybridized carbons (Fsp3) is 0.364. The van der Waals surface area contributed by atoms with Gasteiger partial charge in [0.05, 0.1) is 28.3 Å². The number of hydrogen-bond donors (Lipinski definition) is 1. The number of anilines is 1. The van der Waals surface area contributed by atoms with Crippen LogP contribution >= 0.6 is 11.3 Å². The number of nitrogens with one attached hydrogen (secondary N) is 1. The Morgan fingerprint density at radius 3 is 2.66 bits per heavy atom. The average Bonchev–Trinajstić information content (AvgIpc) is 3.42. The average molecular weight is 476 g/mol. The van der Waals surface area contributed by atoms with Crippen LogP contribution in [-0.4, -0.2) is 49.4 Å². The van der Waals surface area contributed by atoms with E-state index in [1.165, 1.54) is 27.8 Å². The minimum absolute atomic E-state index is 0.0732. The van der Waals surface area contributed by atoms with Gasteiger partial charge in [0.2, 0.25) is 15.9 Å². The summed E-state index contributed by atoms with van der Waals surface area (Å²) in [6.07, 6.45) is 1.05. The van der Waals surface area contributed by atoms with Crippen LogP contribution in [0.5, 0.6) is 11.5 Å². The van der Waals surface area contributed by atoms with Crippen LogP contribution in [0.1, 0.15) is 26.7 Å². The second-order valence-electron chi connectivity index (χ2n) is 7.22.